The molecule has 35 heavy (non-hydrogen) atoms. The van der Waals surface area contributed by atoms with Crippen molar-refractivity contribution in [3.63, 3.8) is 0 Å². The van der Waals surface area contributed by atoms with Crippen LogP contribution < -0.4 is 4.74 Å². The van der Waals surface area contributed by atoms with Crippen molar-refractivity contribution in [2.45, 2.75) is 39.0 Å². The van der Waals surface area contributed by atoms with Gasteiger partial charge in [-0.1, -0.05) is 62.1 Å². The quantitative estimate of drug-likeness (QED) is 0.232. The van der Waals surface area contributed by atoms with Gasteiger partial charge in [-0.05, 0) is 72.4 Å². The maximum Gasteiger partial charge on any atom is 0.201 e. The summed E-state index contributed by atoms with van der Waals surface area (Å²) in [5, 5.41) is 0. The molecule has 0 amide bonds. The molecule has 5 heteroatoms. The first-order valence-electron chi connectivity index (χ1n) is 11.9. The van der Waals surface area contributed by atoms with Gasteiger partial charge >= 0.3 is 0 Å². The van der Waals surface area contributed by atoms with E-state index in [-0.39, 0.29) is 17.9 Å². The normalized spacial score (nSPS) is 15.6. The molecule has 0 fully saturated rings. The van der Waals surface area contributed by atoms with E-state index in [4.69, 9.17) is 4.74 Å². The summed E-state index contributed by atoms with van der Waals surface area (Å²) in [5.74, 6) is -3.21. The van der Waals surface area contributed by atoms with Gasteiger partial charge in [0.2, 0.25) is 5.82 Å². The third-order valence-electron chi connectivity index (χ3n) is 6.53. The Labute approximate surface area is 203 Å². The summed E-state index contributed by atoms with van der Waals surface area (Å²) >= 11 is 0. The van der Waals surface area contributed by atoms with Crippen LogP contribution in [0.15, 0.2) is 67.3 Å². The lowest BCUT2D eigenvalue weighted by molar-refractivity contribution is 0.333. The van der Waals surface area contributed by atoms with Gasteiger partial charge in [-0.25, -0.2) is 13.2 Å². The number of rotatable bonds is 8. The lowest BCUT2D eigenvalue weighted by atomic mass is 9.87. The van der Waals surface area contributed by atoms with E-state index in [1.807, 2.05) is 6.08 Å². The maximum atomic E-state index is 14.8. The molecule has 182 valence electrons. The molecule has 0 radical (unpaired) electrons. The fraction of sp³-hybridized carbons (Fsp3) is 0.267. The summed E-state index contributed by atoms with van der Waals surface area (Å²) in [4.78, 5) is 0. The third kappa shape index (κ3) is 5.50. The molecule has 1 aliphatic carbocycles. The summed E-state index contributed by atoms with van der Waals surface area (Å²) < 4.78 is 63.5. The first-order chi connectivity index (χ1) is 16.9. The molecule has 1 atom stereocenters. The molecule has 0 saturated heterocycles. The van der Waals surface area contributed by atoms with Gasteiger partial charge in [-0.2, -0.15) is 4.39 Å². The van der Waals surface area contributed by atoms with Crippen LogP contribution in [0.3, 0.4) is 0 Å². The zero-order valence-electron chi connectivity index (χ0n) is 19.7. The third-order valence-corrected chi connectivity index (χ3v) is 6.53. The SMILES string of the molecule is C=CCOc1ccc(-c2ccc(CCc3ccc(C4=CCC(C)CC4)c(F)c3F)cc2)c(F)c1F. The Hall–Kier alpha value is -3.34. The average Bonchev–Trinajstić information content (AvgIpc) is 2.87. The van der Waals surface area contributed by atoms with E-state index in [0.29, 0.717) is 35.4 Å². The first kappa shape index (κ1) is 24.8. The van der Waals surface area contributed by atoms with Gasteiger partial charge in [0, 0.05) is 11.1 Å². The summed E-state index contributed by atoms with van der Waals surface area (Å²) in [6.07, 6.45) is 6.92. The van der Waals surface area contributed by atoms with E-state index >= 15 is 0 Å². The predicted molar refractivity (Wildman–Crippen MR) is 132 cm³/mol. The Bertz CT molecular complexity index is 1240. The van der Waals surface area contributed by atoms with Gasteiger partial charge in [-0.15, -0.1) is 0 Å². The first-order valence-corrected chi connectivity index (χ1v) is 11.9. The van der Waals surface area contributed by atoms with Gasteiger partial charge in [0.05, 0.1) is 0 Å². The van der Waals surface area contributed by atoms with E-state index in [0.717, 1.165) is 30.4 Å². The highest BCUT2D eigenvalue weighted by Gasteiger charge is 2.19. The lowest BCUT2D eigenvalue weighted by Crippen LogP contribution is -2.05. The second-order valence-corrected chi connectivity index (χ2v) is 9.04. The Morgan fingerprint density at radius 2 is 1.57 bits per heavy atom. The van der Waals surface area contributed by atoms with Gasteiger partial charge in [0.25, 0.3) is 0 Å². The number of benzene rings is 3. The van der Waals surface area contributed by atoms with Crippen LogP contribution >= 0.6 is 0 Å². The molecule has 0 aromatic heterocycles. The van der Waals surface area contributed by atoms with Gasteiger partial charge in [-0.3, -0.25) is 0 Å². The highest BCUT2D eigenvalue weighted by atomic mass is 19.2. The van der Waals surface area contributed by atoms with Crippen LogP contribution in [-0.4, -0.2) is 6.61 Å². The van der Waals surface area contributed by atoms with Crippen molar-refractivity contribution < 1.29 is 22.3 Å². The molecular weight excluding hydrogens is 452 g/mol. The highest BCUT2D eigenvalue weighted by Crippen LogP contribution is 2.33. The number of halogens is 4. The van der Waals surface area contributed by atoms with Crippen LogP contribution in [-0.2, 0) is 12.8 Å². The standard InChI is InChI=1S/C30H28F4O/c1-3-18-35-26-17-16-25(29(33)30(26)34)22-11-6-20(7-12-22)8-13-23-14-15-24(28(32)27(23)31)21-9-4-19(2)5-10-21/h3,6-7,9,11-12,14-17,19H,1,4-5,8,10,13,18H2,2H3. The highest BCUT2D eigenvalue weighted by molar-refractivity contribution is 5.67. The number of hydrogen-bond acceptors (Lipinski definition) is 1. The lowest BCUT2D eigenvalue weighted by Gasteiger charge is -2.19. The van der Waals surface area contributed by atoms with Crippen molar-refractivity contribution in [1.82, 2.24) is 0 Å². The van der Waals surface area contributed by atoms with Crippen molar-refractivity contribution in [1.29, 1.82) is 0 Å². The van der Waals surface area contributed by atoms with E-state index in [1.54, 1.807) is 36.4 Å². The maximum absolute atomic E-state index is 14.8. The summed E-state index contributed by atoms with van der Waals surface area (Å²) in [5.41, 5.74) is 3.08. The Morgan fingerprint density at radius 3 is 2.26 bits per heavy atom. The van der Waals surface area contributed by atoms with Gasteiger partial charge in [0.15, 0.2) is 23.2 Å². The van der Waals surface area contributed by atoms with Crippen molar-refractivity contribution in [2.24, 2.45) is 5.92 Å². The van der Waals surface area contributed by atoms with Crippen LogP contribution in [0.1, 0.15) is 42.9 Å². The average molecular weight is 481 g/mol. The van der Waals surface area contributed by atoms with Crippen molar-refractivity contribution in [3.8, 4) is 16.9 Å². The second-order valence-electron chi connectivity index (χ2n) is 9.04. The number of hydrogen-bond donors (Lipinski definition) is 0. The minimum atomic E-state index is -1.05. The Morgan fingerprint density at radius 1 is 0.857 bits per heavy atom. The second kappa shape index (κ2) is 10.9. The van der Waals surface area contributed by atoms with E-state index < -0.39 is 23.3 Å². The largest absolute Gasteiger partial charge is 0.486 e. The molecule has 1 aliphatic rings. The molecule has 0 bridgehead atoms. The number of ether oxygens (including phenoxy) is 1. The molecule has 3 aromatic carbocycles. The molecule has 0 N–H and O–H groups in total. The summed E-state index contributed by atoms with van der Waals surface area (Å²) in [6, 6.07) is 13.1. The molecule has 0 heterocycles. The van der Waals surface area contributed by atoms with Crippen LogP contribution in [0, 0.1) is 29.2 Å². The smallest absolute Gasteiger partial charge is 0.201 e. The molecule has 0 spiro atoms. The zero-order valence-corrected chi connectivity index (χ0v) is 19.7. The molecule has 0 aliphatic heterocycles. The summed E-state index contributed by atoms with van der Waals surface area (Å²) in [6.45, 7) is 5.72. The van der Waals surface area contributed by atoms with Crippen LogP contribution in [0.25, 0.3) is 16.7 Å². The fourth-order valence-electron chi connectivity index (χ4n) is 4.39. The van der Waals surface area contributed by atoms with Crippen molar-refractivity contribution >= 4 is 5.57 Å². The van der Waals surface area contributed by atoms with E-state index in [2.05, 4.69) is 13.5 Å². The van der Waals surface area contributed by atoms with Crippen molar-refractivity contribution in [2.75, 3.05) is 6.61 Å². The van der Waals surface area contributed by atoms with Crippen LogP contribution in [0.4, 0.5) is 17.6 Å². The monoisotopic (exact) mass is 480 g/mol. The molecule has 3 aromatic rings. The Balaban J connectivity index is 1.45. The van der Waals surface area contributed by atoms with Crippen molar-refractivity contribution in [3.05, 3.63) is 107 Å². The van der Waals surface area contributed by atoms with E-state index in [1.165, 1.54) is 18.2 Å². The van der Waals surface area contributed by atoms with E-state index in [9.17, 15) is 17.6 Å². The number of allylic oxidation sites excluding steroid dienone is 2. The molecule has 0 saturated carbocycles. The molecule has 4 rings (SSSR count). The minimum Gasteiger partial charge on any atom is -0.486 e. The topological polar surface area (TPSA) is 9.23 Å². The minimum absolute atomic E-state index is 0.0781. The molecule has 1 unspecified atom stereocenters. The van der Waals surface area contributed by atoms with Crippen LogP contribution in [0.5, 0.6) is 5.75 Å². The predicted octanol–water partition coefficient (Wildman–Crippen LogP) is 8.46. The Kier molecular flexibility index (Phi) is 7.74. The fourth-order valence-corrected chi connectivity index (χ4v) is 4.39. The molecule has 1 nitrogen and oxygen atoms in total. The summed E-state index contributed by atoms with van der Waals surface area (Å²) in [7, 11) is 0. The zero-order chi connectivity index (χ0) is 24.9. The number of aryl methyl sites for hydroxylation is 2. The van der Waals surface area contributed by atoms with Crippen LogP contribution in [0.2, 0.25) is 0 Å². The molecular formula is C30H28F4O. The van der Waals surface area contributed by atoms with Gasteiger partial charge < -0.3 is 4.74 Å². The van der Waals surface area contributed by atoms with Gasteiger partial charge in [0.1, 0.15) is 6.61 Å².